The molecule has 0 spiro atoms. The minimum absolute atomic E-state index is 0.0989. The van der Waals surface area contributed by atoms with E-state index in [9.17, 15) is 0 Å². The highest BCUT2D eigenvalue weighted by Gasteiger charge is 2.40. The number of thioether (sulfide) groups is 1. The number of H-pyrrole nitrogens is 1. The summed E-state index contributed by atoms with van der Waals surface area (Å²) in [5, 5.41) is 18.4. The van der Waals surface area contributed by atoms with E-state index in [0.717, 1.165) is 43.1 Å². The van der Waals surface area contributed by atoms with Crippen LogP contribution in [0.4, 0.5) is 0 Å². The number of benzene rings is 1. The first-order valence-corrected chi connectivity index (χ1v) is 12.2. The van der Waals surface area contributed by atoms with E-state index in [1.807, 2.05) is 11.8 Å². The van der Waals surface area contributed by atoms with E-state index >= 15 is 0 Å². The topological polar surface area (TPSA) is 71.4 Å². The number of rotatable bonds is 6. The molecule has 2 N–H and O–H groups in total. The van der Waals surface area contributed by atoms with Crippen molar-refractivity contribution >= 4 is 22.7 Å². The van der Waals surface area contributed by atoms with Gasteiger partial charge in [0.15, 0.2) is 5.82 Å². The Labute approximate surface area is 176 Å². The molecule has 0 amide bonds. The number of nitrogens with zero attached hydrogens (tertiary/aromatic N) is 4. The average molecular weight is 411 g/mol. The van der Waals surface area contributed by atoms with Crippen molar-refractivity contribution in [2.45, 2.75) is 62.9 Å². The molecule has 0 radical (unpaired) electrons. The molecule has 1 saturated heterocycles. The van der Waals surface area contributed by atoms with Crippen molar-refractivity contribution in [3.63, 3.8) is 0 Å². The van der Waals surface area contributed by atoms with Crippen LogP contribution >= 0.6 is 11.8 Å². The van der Waals surface area contributed by atoms with Gasteiger partial charge in [0.25, 0.3) is 0 Å². The van der Waals surface area contributed by atoms with E-state index in [1.54, 1.807) is 0 Å². The van der Waals surface area contributed by atoms with Gasteiger partial charge >= 0.3 is 0 Å². The van der Waals surface area contributed by atoms with Gasteiger partial charge in [0.2, 0.25) is 0 Å². The third kappa shape index (κ3) is 3.82. The van der Waals surface area contributed by atoms with Crippen LogP contribution in [-0.4, -0.2) is 43.2 Å². The highest BCUT2D eigenvalue weighted by molar-refractivity contribution is 7.99. The van der Waals surface area contributed by atoms with Crippen LogP contribution in [0.15, 0.2) is 30.5 Å². The van der Waals surface area contributed by atoms with Gasteiger partial charge in [-0.1, -0.05) is 37.5 Å². The molecule has 154 valence electrons. The Morgan fingerprint density at radius 3 is 2.83 bits per heavy atom. The number of tetrazole rings is 1. The summed E-state index contributed by atoms with van der Waals surface area (Å²) >= 11 is 2.05. The van der Waals surface area contributed by atoms with Crippen molar-refractivity contribution in [3.8, 4) is 0 Å². The van der Waals surface area contributed by atoms with Crippen molar-refractivity contribution in [1.82, 2.24) is 30.5 Å². The molecule has 0 unspecified atom stereocenters. The second kappa shape index (κ2) is 8.48. The highest BCUT2D eigenvalue weighted by Crippen LogP contribution is 2.37. The summed E-state index contributed by atoms with van der Waals surface area (Å²) in [6.07, 6.45) is 11.7. The maximum Gasteiger partial charge on any atom is 0.171 e. The number of nitrogens with one attached hydrogen (secondary N) is 2. The molecule has 6 nitrogen and oxygen atoms in total. The van der Waals surface area contributed by atoms with Gasteiger partial charge in [-0.3, -0.25) is 0 Å². The SMILES string of the molecule is c1ccc2c(CCNC3(c4nnnn4C4CCCCC4)CCSCC3)c[nH]c2c1. The summed E-state index contributed by atoms with van der Waals surface area (Å²) in [6.45, 7) is 0.935. The Morgan fingerprint density at radius 1 is 1.14 bits per heavy atom. The van der Waals surface area contributed by atoms with E-state index in [2.05, 4.69) is 61.0 Å². The first-order chi connectivity index (χ1) is 14.4. The zero-order valence-corrected chi connectivity index (χ0v) is 17.8. The summed E-state index contributed by atoms with van der Waals surface area (Å²) in [7, 11) is 0. The Balaban J connectivity index is 1.35. The zero-order chi connectivity index (χ0) is 19.5. The van der Waals surface area contributed by atoms with Crippen molar-refractivity contribution in [1.29, 1.82) is 0 Å². The largest absolute Gasteiger partial charge is 0.361 e. The first kappa shape index (κ1) is 19.1. The predicted octanol–water partition coefficient (Wildman–Crippen LogP) is 4.21. The van der Waals surface area contributed by atoms with E-state index in [4.69, 9.17) is 0 Å². The molecule has 3 aromatic rings. The van der Waals surface area contributed by atoms with Crippen LogP contribution in [-0.2, 0) is 12.0 Å². The molecular weight excluding hydrogens is 380 g/mol. The normalized spacial score (nSPS) is 20.3. The highest BCUT2D eigenvalue weighted by atomic mass is 32.2. The van der Waals surface area contributed by atoms with Gasteiger partial charge in [-0.25, -0.2) is 4.68 Å². The van der Waals surface area contributed by atoms with Crippen LogP contribution in [0.25, 0.3) is 10.9 Å². The minimum Gasteiger partial charge on any atom is -0.361 e. The van der Waals surface area contributed by atoms with Crippen LogP contribution in [0.3, 0.4) is 0 Å². The van der Waals surface area contributed by atoms with Gasteiger partial charge in [-0.2, -0.15) is 11.8 Å². The Bertz CT molecular complexity index is 936. The Hall–Kier alpha value is -1.86. The third-order valence-electron chi connectivity index (χ3n) is 6.72. The molecule has 0 bridgehead atoms. The maximum atomic E-state index is 4.58. The molecule has 1 aliphatic heterocycles. The molecule has 1 aromatic carbocycles. The van der Waals surface area contributed by atoms with Crippen molar-refractivity contribution in [3.05, 3.63) is 41.9 Å². The monoisotopic (exact) mass is 410 g/mol. The quantitative estimate of drug-likeness (QED) is 0.637. The van der Waals surface area contributed by atoms with Gasteiger partial charge in [0, 0.05) is 23.6 Å². The van der Waals surface area contributed by atoms with E-state index in [-0.39, 0.29) is 5.54 Å². The third-order valence-corrected chi connectivity index (χ3v) is 7.71. The summed E-state index contributed by atoms with van der Waals surface area (Å²) in [5.41, 5.74) is 2.49. The lowest BCUT2D eigenvalue weighted by Crippen LogP contribution is -2.48. The van der Waals surface area contributed by atoms with Crippen LogP contribution in [0.5, 0.6) is 0 Å². The summed E-state index contributed by atoms with van der Waals surface area (Å²) in [5.74, 6) is 3.40. The van der Waals surface area contributed by atoms with E-state index < -0.39 is 0 Å². The predicted molar refractivity (Wildman–Crippen MR) is 118 cm³/mol. The van der Waals surface area contributed by atoms with Gasteiger partial charge in [-0.05, 0) is 65.7 Å². The Morgan fingerprint density at radius 2 is 1.97 bits per heavy atom. The molecule has 29 heavy (non-hydrogen) atoms. The molecular formula is C22H30N6S. The molecule has 0 atom stereocenters. The fourth-order valence-electron chi connectivity index (χ4n) is 5.05. The summed E-state index contributed by atoms with van der Waals surface area (Å²) < 4.78 is 2.17. The first-order valence-electron chi connectivity index (χ1n) is 11.0. The van der Waals surface area contributed by atoms with E-state index in [1.165, 1.54) is 48.6 Å². The lowest BCUT2D eigenvalue weighted by Gasteiger charge is -2.38. The van der Waals surface area contributed by atoms with Crippen molar-refractivity contribution in [2.75, 3.05) is 18.1 Å². The van der Waals surface area contributed by atoms with Crippen molar-refractivity contribution in [2.24, 2.45) is 0 Å². The molecule has 5 rings (SSSR count). The molecule has 3 heterocycles. The van der Waals surface area contributed by atoms with Crippen LogP contribution in [0, 0.1) is 0 Å². The number of para-hydroxylation sites is 1. The lowest BCUT2D eigenvalue weighted by molar-refractivity contribution is 0.245. The Kier molecular flexibility index (Phi) is 5.59. The smallest absolute Gasteiger partial charge is 0.171 e. The molecule has 7 heteroatoms. The second-order valence-electron chi connectivity index (χ2n) is 8.47. The molecule has 1 aliphatic carbocycles. The van der Waals surface area contributed by atoms with Gasteiger partial charge < -0.3 is 10.3 Å². The summed E-state index contributed by atoms with van der Waals surface area (Å²) in [6, 6.07) is 9.02. The average Bonchev–Trinajstić information content (AvgIpc) is 3.43. The number of hydrogen-bond donors (Lipinski definition) is 2. The lowest BCUT2D eigenvalue weighted by atomic mass is 9.89. The van der Waals surface area contributed by atoms with Gasteiger partial charge in [0.1, 0.15) is 0 Å². The number of aromatic amines is 1. The number of fused-ring (bicyclic) bond motifs is 1. The van der Waals surface area contributed by atoms with E-state index in [0.29, 0.717) is 6.04 Å². The fourth-order valence-corrected chi connectivity index (χ4v) is 6.24. The van der Waals surface area contributed by atoms with Crippen LogP contribution < -0.4 is 5.32 Å². The number of aromatic nitrogens is 5. The maximum absolute atomic E-state index is 4.58. The molecule has 2 fully saturated rings. The fraction of sp³-hybridized carbons (Fsp3) is 0.591. The van der Waals surface area contributed by atoms with Gasteiger partial charge in [0.05, 0.1) is 11.6 Å². The van der Waals surface area contributed by atoms with Crippen LogP contribution in [0.1, 0.15) is 62.4 Å². The molecule has 1 saturated carbocycles. The standard InChI is InChI=1S/C22H30N6S/c1-2-6-18(7-3-1)28-21(25-26-27-28)22(11-14-29-15-12-22)24-13-10-17-16-23-20-9-5-4-8-19(17)20/h4-5,8-9,16,18,23-24H,1-3,6-7,10-15H2. The molecule has 2 aromatic heterocycles. The minimum atomic E-state index is -0.0989. The molecule has 2 aliphatic rings. The zero-order valence-electron chi connectivity index (χ0n) is 16.9. The van der Waals surface area contributed by atoms with Crippen LogP contribution in [0.2, 0.25) is 0 Å². The summed E-state index contributed by atoms with van der Waals surface area (Å²) in [4.78, 5) is 3.40. The second-order valence-corrected chi connectivity index (χ2v) is 9.69. The number of hydrogen-bond acceptors (Lipinski definition) is 5. The van der Waals surface area contributed by atoms with Crippen molar-refractivity contribution < 1.29 is 0 Å². The van der Waals surface area contributed by atoms with Gasteiger partial charge in [-0.15, -0.1) is 5.10 Å².